The number of methoxy groups -OCH3 is 1. The Kier molecular flexibility index (Phi) is 4.42. The molecule has 0 aliphatic heterocycles. The fourth-order valence-electron chi connectivity index (χ4n) is 3.16. The highest BCUT2D eigenvalue weighted by atomic mass is 19.1. The molecule has 0 saturated heterocycles. The van der Waals surface area contributed by atoms with Crippen molar-refractivity contribution >= 4 is 22.5 Å². The summed E-state index contributed by atoms with van der Waals surface area (Å²) >= 11 is 0. The van der Waals surface area contributed by atoms with Crippen molar-refractivity contribution in [3.63, 3.8) is 0 Å². The van der Waals surface area contributed by atoms with Gasteiger partial charge in [0, 0.05) is 24.7 Å². The van der Waals surface area contributed by atoms with Crippen LogP contribution in [0.5, 0.6) is 5.88 Å². The summed E-state index contributed by atoms with van der Waals surface area (Å²) in [4.78, 5) is 4.16. The number of ether oxygens (including phenoxy) is 1. The SMILES string of the molecule is C=C(C)C(F)CCn1nnc2ccc(-c3ccn4nc(N)nc(OC)c34)cc21. The van der Waals surface area contributed by atoms with Gasteiger partial charge < -0.3 is 10.5 Å². The van der Waals surface area contributed by atoms with Crippen LogP contribution in [0, 0.1) is 0 Å². The maximum absolute atomic E-state index is 13.9. The number of alkyl halides is 1. The molecule has 4 rings (SSSR count). The molecule has 1 unspecified atom stereocenters. The standard InChI is InChI=1S/C19H20FN7O/c1-11(2)14(20)7-9-26-16-10-12(4-5-15(16)23-25-26)13-6-8-27-17(13)18(28-3)22-19(21)24-27/h4-6,8,10,14H,1,7,9H2,2-3H3,(H2,21,24). The van der Waals surface area contributed by atoms with Crippen molar-refractivity contribution in [2.45, 2.75) is 26.1 Å². The highest BCUT2D eigenvalue weighted by Crippen LogP contribution is 2.32. The fourth-order valence-corrected chi connectivity index (χ4v) is 3.16. The van der Waals surface area contributed by atoms with Gasteiger partial charge in [0.2, 0.25) is 11.8 Å². The summed E-state index contributed by atoms with van der Waals surface area (Å²) in [6, 6.07) is 7.71. The highest BCUT2D eigenvalue weighted by Gasteiger charge is 2.16. The third kappa shape index (κ3) is 3.04. The molecule has 0 bridgehead atoms. The minimum Gasteiger partial charge on any atom is -0.479 e. The molecular weight excluding hydrogens is 361 g/mol. The van der Waals surface area contributed by atoms with Gasteiger partial charge in [-0.25, -0.2) is 13.6 Å². The van der Waals surface area contributed by atoms with Crippen LogP contribution in [0.2, 0.25) is 0 Å². The van der Waals surface area contributed by atoms with Crippen molar-refractivity contribution in [1.82, 2.24) is 29.6 Å². The van der Waals surface area contributed by atoms with Gasteiger partial charge in [0.25, 0.3) is 0 Å². The van der Waals surface area contributed by atoms with E-state index in [1.807, 2.05) is 24.3 Å². The number of nitrogen functional groups attached to an aromatic ring is 1. The topological polar surface area (TPSA) is 96.2 Å². The lowest BCUT2D eigenvalue weighted by atomic mass is 10.1. The van der Waals surface area contributed by atoms with Gasteiger partial charge in [-0.3, -0.25) is 0 Å². The summed E-state index contributed by atoms with van der Waals surface area (Å²) in [5.41, 5.74) is 10.3. The second-order valence-electron chi connectivity index (χ2n) is 6.62. The third-order valence-electron chi connectivity index (χ3n) is 4.64. The van der Waals surface area contributed by atoms with Crippen LogP contribution in [0.15, 0.2) is 42.6 Å². The first-order chi connectivity index (χ1) is 13.5. The van der Waals surface area contributed by atoms with E-state index in [2.05, 4.69) is 27.0 Å². The molecule has 1 atom stereocenters. The van der Waals surface area contributed by atoms with Crippen LogP contribution in [0.4, 0.5) is 10.3 Å². The van der Waals surface area contributed by atoms with E-state index in [9.17, 15) is 4.39 Å². The highest BCUT2D eigenvalue weighted by molar-refractivity contribution is 5.89. The van der Waals surface area contributed by atoms with Crippen molar-refractivity contribution in [1.29, 1.82) is 0 Å². The van der Waals surface area contributed by atoms with Crippen LogP contribution in [-0.4, -0.2) is 42.9 Å². The first kappa shape index (κ1) is 17.9. The molecule has 0 aliphatic carbocycles. The van der Waals surface area contributed by atoms with Crippen molar-refractivity contribution in [3.05, 3.63) is 42.6 Å². The molecule has 28 heavy (non-hydrogen) atoms. The molecule has 8 nitrogen and oxygen atoms in total. The Hall–Kier alpha value is -3.49. The largest absolute Gasteiger partial charge is 0.479 e. The molecule has 0 saturated carbocycles. The van der Waals surface area contributed by atoms with E-state index in [0.29, 0.717) is 29.9 Å². The Morgan fingerprint density at radius 1 is 1.36 bits per heavy atom. The maximum Gasteiger partial charge on any atom is 0.243 e. The Bertz CT molecular complexity index is 1180. The van der Waals surface area contributed by atoms with Crippen LogP contribution < -0.4 is 10.5 Å². The van der Waals surface area contributed by atoms with Gasteiger partial charge in [0.05, 0.1) is 12.6 Å². The smallest absolute Gasteiger partial charge is 0.243 e. The summed E-state index contributed by atoms with van der Waals surface area (Å²) in [7, 11) is 1.54. The number of nitrogens with two attached hydrogens (primary N) is 1. The van der Waals surface area contributed by atoms with Gasteiger partial charge in [-0.2, -0.15) is 4.98 Å². The average Bonchev–Trinajstić information content (AvgIpc) is 3.28. The van der Waals surface area contributed by atoms with Crippen LogP contribution in [0.25, 0.3) is 27.7 Å². The van der Waals surface area contributed by atoms with Gasteiger partial charge in [-0.05, 0) is 36.3 Å². The third-order valence-corrected chi connectivity index (χ3v) is 4.64. The number of aromatic nitrogens is 6. The number of nitrogens with zero attached hydrogens (tertiary/aromatic N) is 6. The van der Waals surface area contributed by atoms with Crippen LogP contribution in [0.3, 0.4) is 0 Å². The lowest BCUT2D eigenvalue weighted by Crippen LogP contribution is -2.08. The molecule has 9 heteroatoms. The van der Waals surface area contributed by atoms with Crippen LogP contribution in [0.1, 0.15) is 13.3 Å². The lowest BCUT2D eigenvalue weighted by molar-refractivity contribution is 0.339. The molecule has 3 aromatic heterocycles. The number of halogens is 1. The van der Waals surface area contributed by atoms with Gasteiger partial charge in [0.15, 0.2) is 0 Å². The number of anilines is 1. The molecule has 0 spiro atoms. The molecule has 0 aliphatic rings. The van der Waals surface area contributed by atoms with E-state index >= 15 is 0 Å². The van der Waals surface area contributed by atoms with E-state index in [-0.39, 0.29) is 5.95 Å². The maximum atomic E-state index is 13.9. The zero-order chi connectivity index (χ0) is 19.8. The number of aryl methyl sites for hydroxylation is 1. The molecular formula is C19H20FN7O. The van der Waals surface area contributed by atoms with Gasteiger partial charge in [-0.15, -0.1) is 10.2 Å². The Morgan fingerprint density at radius 2 is 2.18 bits per heavy atom. The molecule has 4 aromatic rings. The monoisotopic (exact) mass is 381 g/mol. The summed E-state index contributed by atoms with van der Waals surface area (Å²) in [5.74, 6) is 0.517. The summed E-state index contributed by atoms with van der Waals surface area (Å²) in [6.45, 7) is 5.75. The Balaban J connectivity index is 1.77. The van der Waals surface area contributed by atoms with Gasteiger partial charge >= 0.3 is 0 Å². The minimum atomic E-state index is -1.07. The molecule has 1 aromatic carbocycles. The van der Waals surface area contributed by atoms with Gasteiger partial charge in [0.1, 0.15) is 17.2 Å². The fraction of sp³-hybridized carbons (Fsp3) is 0.263. The van der Waals surface area contributed by atoms with Crippen molar-refractivity contribution in [2.24, 2.45) is 0 Å². The van der Waals surface area contributed by atoms with E-state index in [1.54, 1.807) is 22.3 Å². The first-order valence-corrected chi connectivity index (χ1v) is 8.80. The van der Waals surface area contributed by atoms with Crippen molar-refractivity contribution in [2.75, 3.05) is 12.8 Å². The number of allylic oxidation sites excluding steroid dienone is 1. The minimum absolute atomic E-state index is 0.127. The predicted molar refractivity (Wildman–Crippen MR) is 105 cm³/mol. The zero-order valence-electron chi connectivity index (χ0n) is 15.6. The number of fused-ring (bicyclic) bond motifs is 2. The predicted octanol–water partition coefficient (Wildman–Crippen LogP) is 3.04. The van der Waals surface area contributed by atoms with E-state index < -0.39 is 6.17 Å². The van der Waals surface area contributed by atoms with Gasteiger partial charge in [-0.1, -0.05) is 17.9 Å². The van der Waals surface area contributed by atoms with Crippen LogP contribution >= 0.6 is 0 Å². The number of rotatable bonds is 6. The second-order valence-corrected chi connectivity index (χ2v) is 6.62. The second kappa shape index (κ2) is 6.91. The summed E-state index contributed by atoms with van der Waals surface area (Å²) < 4.78 is 22.6. The summed E-state index contributed by atoms with van der Waals surface area (Å²) in [5, 5.41) is 12.5. The van der Waals surface area contributed by atoms with Crippen molar-refractivity contribution in [3.8, 4) is 17.0 Å². The molecule has 144 valence electrons. The van der Waals surface area contributed by atoms with E-state index in [4.69, 9.17) is 10.5 Å². The average molecular weight is 381 g/mol. The van der Waals surface area contributed by atoms with E-state index in [1.165, 1.54) is 7.11 Å². The number of benzene rings is 1. The van der Waals surface area contributed by atoms with Crippen LogP contribution in [-0.2, 0) is 6.54 Å². The molecule has 3 heterocycles. The zero-order valence-corrected chi connectivity index (χ0v) is 15.6. The Labute approximate surface area is 160 Å². The Morgan fingerprint density at radius 3 is 2.93 bits per heavy atom. The summed E-state index contributed by atoms with van der Waals surface area (Å²) in [6.07, 6.45) is 1.03. The molecule has 0 fully saturated rings. The quantitative estimate of drug-likeness (QED) is 0.516. The molecule has 0 amide bonds. The normalized spacial score (nSPS) is 12.5. The number of hydrogen-bond donors (Lipinski definition) is 1. The lowest BCUT2D eigenvalue weighted by Gasteiger charge is -2.08. The number of hydrogen-bond acceptors (Lipinski definition) is 6. The molecule has 2 N–H and O–H groups in total. The molecule has 0 radical (unpaired) electrons. The van der Waals surface area contributed by atoms with E-state index in [0.717, 1.165) is 22.2 Å². The van der Waals surface area contributed by atoms with Crippen molar-refractivity contribution < 1.29 is 9.13 Å². The first-order valence-electron chi connectivity index (χ1n) is 8.80.